The first-order valence-electron chi connectivity index (χ1n) is 8.51. The van der Waals surface area contributed by atoms with E-state index >= 15 is 0 Å². The van der Waals surface area contributed by atoms with E-state index in [-0.39, 0.29) is 0 Å². The zero-order valence-electron chi connectivity index (χ0n) is 14.6. The summed E-state index contributed by atoms with van der Waals surface area (Å²) in [5.74, 6) is 1.13. The number of anilines is 2. The molecule has 0 bridgehead atoms. The van der Waals surface area contributed by atoms with Crippen LogP contribution < -0.4 is 10.3 Å². The van der Waals surface area contributed by atoms with Crippen molar-refractivity contribution in [3.8, 4) is 0 Å². The molecule has 0 radical (unpaired) electrons. The maximum absolute atomic E-state index is 6.02. The number of hydrogen-bond acceptors (Lipinski definition) is 4. The van der Waals surface area contributed by atoms with Gasteiger partial charge in [0.2, 0.25) is 0 Å². The molecule has 2 aromatic carbocycles. The van der Waals surface area contributed by atoms with Crippen molar-refractivity contribution in [2.45, 2.75) is 0 Å². The highest BCUT2D eigenvalue weighted by Crippen LogP contribution is 2.24. The largest absolute Gasteiger partial charge is 0.369 e. The predicted octanol–water partition coefficient (Wildman–Crippen LogP) is 5.62. The van der Waals surface area contributed by atoms with Gasteiger partial charge in [0.15, 0.2) is 0 Å². The standard InChI is InChI=1S/C20H19Cl3N4/c21-8-11-27(12-9-22)17-4-1-15(2-5-17)14-25-26-19-7-10-24-20-13-16(23)3-6-18(19)20/h1-7,10,13-14H,8-9,11-12H2,(H,24,26)/b25-14+. The molecule has 0 saturated heterocycles. The Morgan fingerprint density at radius 1 is 1.00 bits per heavy atom. The van der Waals surface area contributed by atoms with Crippen molar-refractivity contribution in [1.82, 2.24) is 4.98 Å². The van der Waals surface area contributed by atoms with Gasteiger partial charge in [0.05, 0.1) is 17.4 Å². The topological polar surface area (TPSA) is 40.5 Å². The van der Waals surface area contributed by atoms with E-state index in [0.29, 0.717) is 16.8 Å². The minimum Gasteiger partial charge on any atom is -0.369 e. The van der Waals surface area contributed by atoms with E-state index in [1.165, 1.54) is 0 Å². The van der Waals surface area contributed by atoms with E-state index in [1.54, 1.807) is 12.4 Å². The second kappa shape index (κ2) is 9.79. The molecule has 3 aromatic rings. The summed E-state index contributed by atoms with van der Waals surface area (Å²) in [6.45, 7) is 1.53. The van der Waals surface area contributed by atoms with E-state index in [0.717, 1.165) is 40.9 Å². The van der Waals surface area contributed by atoms with Gasteiger partial charge >= 0.3 is 0 Å². The van der Waals surface area contributed by atoms with E-state index < -0.39 is 0 Å². The van der Waals surface area contributed by atoms with E-state index in [1.807, 2.05) is 48.5 Å². The molecule has 0 amide bonds. The molecular formula is C20H19Cl3N4. The Balaban J connectivity index is 1.70. The fourth-order valence-electron chi connectivity index (χ4n) is 2.74. The van der Waals surface area contributed by atoms with Gasteiger partial charge in [-0.25, -0.2) is 0 Å². The summed E-state index contributed by atoms with van der Waals surface area (Å²) in [7, 11) is 0. The van der Waals surface area contributed by atoms with Crippen molar-refractivity contribution in [3.63, 3.8) is 0 Å². The van der Waals surface area contributed by atoms with Crippen LogP contribution in [0.5, 0.6) is 0 Å². The number of benzene rings is 2. The van der Waals surface area contributed by atoms with Crippen molar-refractivity contribution in [3.05, 3.63) is 65.3 Å². The highest BCUT2D eigenvalue weighted by atomic mass is 35.5. The number of rotatable bonds is 8. The van der Waals surface area contributed by atoms with Crippen molar-refractivity contribution < 1.29 is 0 Å². The number of hydrazone groups is 1. The predicted molar refractivity (Wildman–Crippen MR) is 118 cm³/mol. The van der Waals surface area contributed by atoms with Crippen LogP contribution in [0.1, 0.15) is 5.56 Å². The molecule has 0 aliphatic heterocycles. The Kier molecular flexibility index (Phi) is 7.16. The molecule has 27 heavy (non-hydrogen) atoms. The molecule has 0 spiro atoms. The van der Waals surface area contributed by atoms with Crippen LogP contribution in [-0.2, 0) is 0 Å². The summed E-state index contributed by atoms with van der Waals surface area (Å²) in [5.41, 5.74) is 6.86. The van der Waals surface area contributed by atoms with Crippen LogP contribution in [0.3, 0.4) is 0 Å². The van der Waals surface area contributed by atoms with E-state index in [2.05, 4.69) is 20.4 Å². The zero-order valence-corrected chi connectivity index (χ0v) is 16.8. The Morgan fingerprint density at radius 2 is 1.74 bits per heavy atom. The number of alkyl halides is 2. The van der Waals surface area contributed by atoms with E-state index in [4.69, 9.17) is 34.8 Å². The highest BCUT2D eigenvalue weighted by Gasteiger charge is 2.05. The first kappa shape index (κ1) is 19.7. The number of nitrogens with one attached hydrogen (secondary N) is 1. The molecule has 0 aliphatic carbocycles. The molecule has 4 nitrogen and oxygen atoms in total. The third kappa shape index (κ3) is 5.25. The van der Waals surface area contributed by atoms with E-state index in [9.17, 15) is 0 Å². The van der Waals surface area contributed by atoms with Crippen molar-refractivity contribution in [2.24, 2.45) is 5.10 Å². The summed E-state index contributed by atoms with van der Waals surface area (Å²) < 4.78 is 0. The van der Waals surface area contributed by atoms with Crippen LogP contribution in [0.25, 0.3) is 10.9 Å². The van der Waals surface area contributed by atoms with Crippen molar-refractivity contribution >= 4 is 63.3 Å². The maximum atomic E-state index is 6.02. The molecule has 1 N–H and O–H groups in total. The number of aromatic nitrogens is 1. The lowest BCUT2D eigenvalue weighted by molar-refractivity contribution is 0.874. The highest BCUT2D eigenvalue weighted by molar-refractivity contribution is 6.31. The molecule has 7 heteroatoms. The van der Waals surface area contributed by atoms with Gasteiger partial charge in [0.25, 0.3) is 0 Å². The summed E-state index contributed by atoms with van der Waals surface area (Å²) in [6.07, 6.45) is 3.51. The summed E-state index contributed by atoms with van der Waals surface area (Å²) in [4.78, 5) is 6.49. The Bertz CT molecular complexity index is 907. The molecule has 0 saturated carbocycles. The number of pyridine rings is 1. The zero-order chi connectivity index (χ0) is 19.1. The number of halogens is 3. The molecular weight excluding hydrogens is 403 g/mol. The minimum absolute atomic E-state index is 0.565. The Labute approximate surface area is 173 Å². The first-order chi connectivity index (χ1) is 13.2. The minimum atomic E-state index is 0.565. The molecule has 0 fully saturated rings. The lowest BCUT2D eigenvalue weighted by Crippen LogP contribution is -2.27. The van der Waals surface area contributed by atoms with Crippen LogP contribution in [0.4, 0.5) is 11.4 Å². The van der Waals surface area contributed by atoms with Gasteiger partial charge in [0, 0.05) is 47.1 Å². The van der Waals surface area contributed by atoms with Crippen LogP contribution in [0, 0.1) is 0 Å². The molecule has 0 aliphatic rings. The first-order valence-corrected chi connectivity index (χ1v) is 9.96. The number of fused-ring (bicyclic) bond motifs is 1. The summed E-state index contributed by atoms with van der Waals surface area (Å²) in [6, 6.07) is 15.6. The Morgan fingerprint density at radius 3 is 2.44 bits per heavy atom. The lowest BCUT2D eigenvalue weighted by Gasteiger charge is -2.22. The summed E-state index contributed by atoms with van der Waals surface area (Å²) >= 11 is 17.7. The summed E-state index contributed by atoms with van der Waals surface area (Å²) in [5, 5.41) is 5.97. The van der Waals surface area contributed by atoms with Crippen molar-refractivity contribution in [2.75, 3.05) is 35.2 Å². The van der Waals surface area contributed by atoms with Gasteiger partial charge in [-0.1, -0.05) is 23.7 Å². The van der Waals surface area contributed by atoms with Crippen LogP contribution in [0.2, 0.25) is 5.02 Å². The molecule has 3 rings (SSSR count). The van der Waals surface area contributed by atoms with Gasteiger partial charge < -0.3 is 4.90 Å². The average molecular weight is 422 g/mol. The number of hydrogen-bond donors (Lipinski definition) is 1. The van der Waals surface area contributed by atoms with Crippen molar-refractivity contribution in [1.29, 1.82) is 0 Å². The van der Waals surface area contributed by atoms with Gasteiger partial charge in [-0.15, -0.1) is 23.2 Å². The fourth-order valence-corrected chi connectivity index (χ4v) is 3.31. The van der Waals surface area contributed by atoms with Crippen LogP contribution >= 0.6 is 34.8 Å². The smallest absolute Gasteiger partial charge is 0.0738 e. The fraction of sp³-hybridized carbons (Fsp3) is 0.200. The average Bonchev–Trinajstić information content (AvgIpc) is 2.68. The molecule has 1 heterocycles. The molecule has 140 valence electrons. The van der Waals surface area contributed by atoms with Gasteiger partial charge in [-0.3, -0.25) is 10.4 Å². The third-order valence-corrected chi connectivity index (χ3v) is 4.64. The molecule has 0 atom stereocenters. The van der Waals surface area contributed by atoms with Crippen LogP contribution in [-0.4, -0.2) is 36.0 Å². The molecule has 1 aromatic heterocycles. The second-order valence-electron chi connectivity index (χ2n) is 5.85. The normalized spacial score (nSPS) is 11.2. The monoisotopic (exact) mass is 420 g/mol. The lowest BCUT2D eigenvalue weighted by atomic mass is 10.2. The molecule has 0 unspecified atom stereocenters. The van der Waals surface area contributed by atoms with Crippen LogP contribution in [0.15, 0.2) is 59.8 Å². The van der Waals surface area contributed by atoms with Gasteiger partial charge in [-0.2, -0.15) is 5.10 Å². The third-order valence-electron chi connectivity index (χ3n) is 4.07. The number of nitrogens with zero attached hydrogens (tertiary/aromatic N) is 3. The quantitative estimate of drug-likeness (QED) is 0.291. The second-order valence-corrected chi connectivity index (χ2v) is 7.04. The van der Waals surface area contributed by atoms with Gasteiger partial charge in [0.1, 0.15) is 0 Å². The SMILES string of the molecule is ClCCN(CCCl)c1ccc(/C=N/Nc2ccnc3cc(Cl)ccc23)cc1. The Hall–Kier alpha value is -2.01. The van der Waals surface area contributed by atoms with Gasteiger partial charge in [-0.05, 0) is 42.0 Å². The maximum Gasteiger partial charge on any atom is 0.0738 e.